The van der Waals surface area contributed by atoms with Gasteiger partial charge in [0.1, 0.15) is 0 Å². The second-order valence-corrected chi connectivity index (χ2v) is 5.17. The molecule has 0 bridgehead atoms. The third-order valence-corrected chi connectivity index (χ3v) is 3.88. The number of carboxylic acid groups (broad SMARTS) is 1. The van der Waals surface area contributed by atoms with E-state index >= 15 is 0 Å². The van der Waals surface area contributed by atoms with Crippen molar-refractivity contribution >= 4 is 11.9 Å². The number of imidazole rings is 1. The fourth-order valence-electron chi connectivity index (χ4n) is 2.84. The van der Waals surface area contributed by atoms with Gasteiger partial charge in [0.2, 0.25) is 5.91 Å². The summed E-state index contributed by atoms with van der Waals surface area (Å²) in [5.74, 6) is -1.37. The molecule has 3 unspecified atom stereocenters. The van der Waals surface area contributed by atoms with Crippen LogP contribution in [0.15, 0.2) is 18.7 Å². The lowest BCUT2D eigenvalue weighted by atomic mass is 9.81. The molecule has 0 saturated carbocycles. The molecule has 1 aliphatic rings. The zero-order chi connectivity index (χ0) is 14.0. The van der Waals surface area contributed by atoms with Crippen LogP contribution < -0.4 is 0 Å². The van der Waals surface area contributed by atoms with Crippen molar-refractivity contribution in [2.75, 3.05) is 6.54 Å². The van der Waals surface area contributed by atoms with Crippen molar-refractivity contribution in [3.8, 4) is 0 Å². The second-order valence-electron chi connectivity index (χ2n) is 5.17. The van der Waals surface area contributed by atoms with Crippen molar-refractivity contribution < 1.29 is 14.7 Å². The Labute approximate surface area is 112 Å². The predicted octanol–water partition coefficient (Wildman–Crippen LogP) is 0.841. The van der Waals surface area contributed by atoms with Gasteiger partial charge in [-0.25, -0.2) is 4.98 Å². The molecule has 0 radical (unpaired) electrons. The summed E-state index contributed by atoms with van der Waals surface area (Å²) >= 11 is 0. The highest BCUT2D eigenvalue weighted by molar-refractivity contribution is 5.81. The zero-order valence-corrected chi connectivity index (χ0v) is 11.2. The van der Waals surface area contributed by atoms with E-state index in [9.17, 15) is 14.7 Å². The van der Waals surface area contributed by atoms with Gasteiger partial charge in [0.05, 0.1) is 12.2 Å². The Balaban J connectivity index is 2.05. The first-order chi connectivity index (χ1) is 9.00. The lowest BCUT2D eigenvalue weighted by Gasteiger charge is -2.40. The van der Waals surface area contributed by atoms with E-state index in [1.807, 2.05) is 24.6 Å². The zero-order valence-electron chi connectivity index (χ0n) is 11.2. The Morgan fingerprint density at radius 1 is 1.47 bits per heavy atom. The highest BCUT2D eigenvalue weighted by Gasteiger charge is 2.41. The van der Waals surface area contributed by atoms with Gasteiger partial charge >= 0.3 is 5.97 Å². The normalized spacial score (nSPS) is 27.6. The number of likely N-dealkylation sites (tertiary alicyclic amines) is 1. The topological polar surface area (TPSA) is 75.4 Å². The van der Waals surface area contributed by atoms with Crippen LogP contribution >= 0.6 is 0 Å². The van der Waals surface area contributed by atoms with E-state index in [0.29, 0.717) is 19.5 Å². The summed E-state index contributed by atoms with van der Waals surface area (Å²) in [6, 6.07) is -0.266. The third-order valence-electron chi connectivity index (χ3n) is 3.88. The summed E-state index contributed by atoms with van der Waals surface area (Å²) in [7, 11) is 0. The van der Waals surface area contributed by atoms with Gasteiger partial charge in [-0.2, -0.15) is 0 Å². The largest absolute Gasteiger partial charge is 0.481 e. The van der Waals surface area contributed by atoms with Crippen LogP contribution in [0, 0.1) is 11.8 Å². The maximum absolute atomic E-state index is 12.1. The molecule has 1 saturated heterocycles. The highest BCUT2D eigenvalue weighted by atomic mass is 16.4. The number of carboxylic acids is 1. The Bertz CT molecular complexity index is 458. The lowest BCUT2D eigenvalue weighted by Crippen LogP contribution is -2.53. The molecular weight excluding hydrogens is 246 g/mol. The van der Waals surface area contributed by atoms with E-state index in [1.165, 1.54) is 0 Å². The van der Waals surface area contributed by atoms with Crippen LogP contribution in [0.5, 0.6) is 0 Å². The molecule has 3 atom stereocenters. The van der Waals surface area contributed by atoms with Gasteiger partial charge in [-0.3, -0.25) is 9.59 Å². The highest BCUT2D eigenvalue weighted by Crippen LogP contribution is 2.29. The fraction of sp³-hybridized carbons (Fsp3) is 0.615. The number of aliphatic carboxylic acids is 1. The van der Waals surface area contributed by atoms with Crippen LogP contribution in [-0.2, 0) is 16.1 Å². The first kappa shape index (κ1) is 13.6. The molecule has 6 heteroatoms. The predicted molar refractivity (Wildman–Crippen MR) is 68.3 cm³/mol. The van der Waals surface area contributed by atoms with Crippen LogP contribution in [0.1, 0.15) is 20.3 Å². The van der Waals surface area contributed by atoms with E-state index in [2.05, 4.69) is 4.98 Å². The van der Waals surface area contributed by atoms with Gasteiger partial charge in [0, 0.05) is 37.9 Å². The molecule has 0 aliphatic carbocycles. The number of rotatable bonds is 4. The SMILES string of the molecule is CC1CC(=O)N(CCn2ccnc2)C(C)C1C(=O)O. The van der Waals surface area contributed by atoms with Crippen molar-refractivity contribution in [2.24, 2.45) is 11.8 Å². The van der Waals surface area contributed by atoms with Gasteiger partial charge in [-0.05, 0) is 12.8 Å². The van der Waals surface area contributed by atoms with Crippen LogP contribution in [0.25, 0.3) is 0 Å². The minimum Gasteiger partial charge on any atom is -0.481 e. The number of aromatic nitrogens is 2. The lowest BCUT2D eigenvalue weighted by molar-refractivity contribution is -0.154. The quantitative estimate of drug-likeness (QED) is 0.875. The average molecular weight is 265 g/mol. The maximum atomic E-state index is 12.1. The van der Waals surface area contributed by atoms with Gasteiger partial charge in [0.15, 0.2) is 0 Å². The van der Waals surface area contributed by atoms with Crippen molar-refractivity contribution in [3.63, 3.8) is 0 Å². The Hall–Kier alpha value is -1.85. The maximum Gasteiger partial charge on any atom is 0.308 e. The third kappa shape index (κ3) is 2.77. The molecule has 1 aliphatic heterocycles. The number of piperidine rings is 1. The molecule has 104 valence electrons. The Morgan fingerprint density at radius 2 is 2.21 bits per heavy atom. The monoisotopic (exact) mass is 265 g/mol. The fourth-order valence-corrected chi connectivity index (χ4v) is 2.84. The first-order valence-corrected chi connectivity index (χ1v) is 6.48. The molecule has 1 amide bonds. The van der Waals surface area contributed by atoms with Gasteiger partial charge in [-0.1, -0.05) is 6.92 Å². The minimum atomic E-state index is -0.819. The second kappa shape index (κ2) is 5.42. The van der Waals surface area contributed by atoms with E-state index in [4.69, 9.17) is 0 Å². The minimum absolute atomic E-state index is 0.0395. The van der Waals surface area contributed by atoms with Gasteiger partial charge in [0.25, 0.3) is 0 Å². The summed E-state index contributed by atoms with van der Waals surface area (Å²) in [5.41, 5.74) is 0. The van der Waals surface area contributed by atoms with Crippen molar-refractivity contribution in [1.29, 1.82) is 0 Å². The molecule has 19 heavy (non-hydrogen) atoms. The molecule has 2 rings (SSSR count). The molecule has 0 spiro atoms. The van der Waals surface area contributed by atoms with E-state index in [1.54, 1.807) is 17.4 Å². The van der Waals surface area contributed by atoms with Crippen molar-refractivity contribution in [3.05, 3.63) is 18.7 Å². The molecule has 6 nitrogen and oxygen atoms in total. The Morgan fingerprint density at radius 3 is 2.79 bits per heavy atom. The smallest absolute Gasteiger partial charge is 0.308 e. The van der Waals surface area contributed by atoms with Crippen LogP contribution in [-0.4, -0.2) is 44.0 Å². The van der Waals surface area contributed by atoms with Crippen LogP contribution in [0.2, 0.25) is 0 Å². The number of hydrogen-bond donors (Lipinski definition) is 1. The summed E-state index contributed by atoms with van der Waals surface area (Å²) in [4.78, 5) is 29.0. The van der Waals surface area contributed by atoms with E-state index in [0.717, 1.165) is 0 Å². The van der Waals surface area contributed by atoms with Crippen molar-refractivity contribution in [2.45, 2.75) is 32.9 Å². The summed E-state index contributed by atoms with van der Waals surface area (Å²) in [5, 5.41) is 9.28. The molecule has 2 heterocycles. The molecule has 0 aromatic carbocycles. The summed E-state index contributed by atoms with van der Waals surface area (Å²) < 4.78 is 1.88. The Kier molecular flexibility index (Phi) is 3.87. The van der Waals surface area contributed by atoms with Gasteiger partial charge < -0.3 is 14.6 Å². The molecular formula is C13H19N3O3. The number of carbonyl (C=O) groups excluding carboxylic acids is 1. The van der Waals surface area contributed by atoms with E-state index < -0.39 is 11.9 Å². The summed E-state index contributed by atoms with van der Waals surface area (Å²) in [6.07, 6.45) is 5.52. The van der Waals surface area contributed by atoms with Crippen LogP contribution in [0.4, 0.5) is 0 Å². The molecule has 1 fully saturated rings. The average Bonchev–Trinajstić information content (AvgIpc) is 2.80. The van der Waals surface area contributed by atoms with E-state index in [-0.39, 0.29) is 17.9 Å². The number of hydrogen-bond acceptors (Lipinski definition) is 3. The molecule has 1 N–H and O–H groups in total. The summed E-state index contributed by atoms with van der Waals surface area (Å²) in [6.45, 7) is 4.81. The molecule has 1 aromatic rings. The number of nitrogens with zero attached hydrogens (tertiary/aromatic N) is 3. The van der Waals surface area contributed by atoms with Gasteiger partial charge in [-0.15, -0.1) is 0 Å². The van der Waals surface area contributed by atoms with Crippen molar-refractivity contribution in [1.82, 2.24) is 14.5 Å². The number of carbonyl (C=O) groups is 2. The molecule has 1 aromatic heterocycles. The first-order valence-electron chi connectivity index (χ1n) is 6.48. The van der Waals surface area contributed by atoms with Crippen LogP contribution in [0.3, 0.4) is 0 Å². The standard InChI is InChI=1S/C13H19N3O3/c1-9-7-11(17)16(10(2)12(9)13(18)19)6-5-15-4-3-14-8-15/h3-4,8-10,12H,5-7H2,1-2H3,(H,18,19). The number of amides is 1.